The highest BCUT2D eigenvalue weighted by Crippen LogP contribution is 2.42. The van der Waals surface area contributed by atoms with Gasteiger partial charge in [-0.15, -0.1) is 0 Å². The Morgan fingerprint density at radius 3 is 2.33 bits per heavy atom. The zero-order chi connectivity index (χ0) is 48.1. The number of fused-ring (bicyclic) bond motifs is 2. The molecule has 18 nitrogen and oxygen atoms in total. The standard InChI is InChI=1S/C49H56BrN12O6P/c1-29-23-38(55-49-53-26-35(50)45(57-49)54-37-8-7-36-43(52-15-14-51-36)44(37)69(3,4)67)41(68-2)25-40(29)60-17-12-31(13-18-60)59-21-19-58(20-22-59)27-30-11-16-61(28-30)32-5-6-33-34(24-32)48(66)62(47(33)65)39-9-10-42(63)56-46(39)64/h5-8,14-15,23-26,30-31,39H,9-13,16-22,27-28H2,1-4H3,(H,56,63,64)(H2,53,54,55,57). The van der Waals surface area contributed by atoms with Gasteiger partial charge in [-0.25, -0.2) is 4.98 Å². The van der Waals surface area contributed by atoms with Gasteiger partial charge in [0.25, 0.3) is 11.8 Å². The van der Waals surface area contributed by atoms with E-state index < -0.39 is 30.9 Å². The monoisotopic (exact) mass is 1020 g/mol. The minimum Gasteiger partial charge on any atom is -0.494 e. The highest BCUT2D eigenvalue weighted by molar-refractivity contribution is 9.10. The summed E-state index contributed by atoms with van der Waals surface area (Å²) < 4.78 is 20.1. The van der Waals surface area contributed by atoms with Gasteiger partial charge in [-0.1, -0.05) is 0 Å². The van der Waals surface area contributed by atoms with E-state index in [9.17, 15) is 23.7 Å². The van der Waals surface area contributed by atoms with E-state index in [1.54, 1.807) is 51.2 Å². The van der Waals surface area contributed by atoms with Crippen molar-refractivity contribution in [1.82, 2.24) is 40.0 Å². The van der Waals surface area contributed by atoms with E-state index in [0.29, 0.717) is 67.1 Å². The molecule has 5 aliphatic rings. The van der Waals surface area contributed by atoms with Crippen LogP contribution in [0, 0.1) is 12.8 Å². The Bertz CT molecular complexity index is 2920. The third kappa shape index (κ3) is 9.41. The second kappa shape index (κ2) is 19.1. The number of nitrogens with one attached hydrogen (secondary N) is 3. The minimum absolute atomic E-state index is 0.0950. The average molecular weight is 1020 g/mol. The van der Waals surface area contributed by atoms with Crippen molar-refractivity contribution in [2.24, 2.45) is 5.92 Å². The van der Waals surface area contributed by atoms with Gasteiger partial charge in [0.2, 0.25) is 17.8 Å². The lowest BCUT2D eigenvalue weighted by atomic mass is 10.00. The smallest absolute Gasteiger partial charge is 0.262 e. The van der Waals surface area contributed by atoms with Gasteiger partial charge in [-0.3, -0.25) is 44.3 Å². The van der Waals surface area contributed by atoms with E-state index >= 15 is 0 Å². The molecule has 0 aliphatic carbocycles. The number of piperazine rings is 1. The van der Waals surface area contributed by atoms with Gasteiger partial charge in [-0.2, -0.15) is 4.98 Å². The van der Waals surface area contributed by atoms with Crippen molar-refractivity contribution in [2.45, 2.75) is 51.1 Å². The molecular formula is C49H56BrN12O6P. The molecule has 2 unspecified atom stereocenters. The van der Waals surface area contributed by atoms with E-state index in [1.807, 2.05) is 18.2 Å². The van der Waals surface area contributed by atoms with Crippen LogP contribution >= 0.6 is 23.1 Å². The van der Waals surface area contributed by atoms with Crippen molar-refractivity contribution < 1.29 is 28.5 Å². The van der Waals surface area contributed by atoms with Crippen LogP contribution in [0.15, 0.2) is 65.5 Å². The third-order valence-corrected chi connectivity index (χ3v) is 16.3. The van der Waals surface area contributed by atoms with E-state index in [-0.39, 0.29) is 18.7 Å². The Hall–Kier alpha value is -6.01. The summed E-state index contributed by atoms with van der Waals surface area (Å²) in [5.41, 5.74) is 6.45. The Morgan fingerprint density at radius 2 is 1.58 bits per heavy atom. The van der Waals surface area contributed by atoms with Gasteiger partial charge in [0.15, 0.2) is 0 Å². The van der Waals surface area contributed by atoms with Crippen LogP contribution in [0.1, 0.15) is 58.4 Å². The molecule has 4 amide bonds. The Morgan fingerprint density at radius 1 is 0.826 bits per heavy atom. The SMILES string of the molecule is COc1cc(N2CCC(N3CCN(CC4CCN(c5ccc6c(c5)C(=O)N(C5CCC(=O)NC5=O)C6=O)C4)CC3)CC2)c(C)cc1Nc1ncc(Br)c(Nc2ccc3nccnc3c2P(C)(C)=O)n1. The molecule has 360 valence electrons. The van der Waals surface area contributed by atoms with Crippen LogP contribution in [-0.2, 0) is 14.2 Å². The molecule has 3 N–H and O–H groups in total. The van der Waals surface area contributed by atoms with Crippen LogP contribution in [0.5, 0.6) is 5.75 Å². The number of piperidine rings is 2. The molecule has 0 saturated carbocycles. The number of ether oxygens (including phenoxy) is 1. The predicted molar refractivity (Wildman–Crippen MR) is 269 cm³/mol. The molecule has 0 spiro atoms. The molecule has 10 rings (SSSR count). The van der Waals surface area contributed by atoms with Gasteiger partial charge in [0.05, 0.1) is 44.9 Å². The summed E-state index contributed by atoms with van der Waals surface area (Å²) in [5, 5.41) is 9.62. The highest BCUT2D eigenvalue weighted by atomic mass is 79.9. The van der Waals surface area contributed by atoms with Gasteiger partial charge < -0.3 is 34.6 Å². The maximum Gasteiger partial charge on any atom is 0.262 e. The van der Waals surface area contributed by atoms with Gasteiger partial charge >= 0.3 is 0 Å². The summed E-state index contributed by atoms with van der Waals surface area (Å²) in [7, 11) is -1.11. The molecule has 0 radical (unpaired) electrons. The molecule has 5 aromatic rings. The molecule has 2 aromatic heterocycles. The normalized spacial score (nSPS) is 20.7. The topological polar surface area (TPSA) is 198 Å². The number of carbonyl (C=O) groups excluding carboxylic acids is 4. The fraction of sp³-hybridized carbons (Fsp3) is 0.429. The fourth-order valence-corrected chi connectivity index (χ4v) is 12.4. The zero-order valence-electron chi connectivity index (χ0n) is 39.2. The number of methoxy groups -OCH3 is 1. The van der Waals surface area contributed by atoms with Crippen molar-refractivity contribution in [3.8, 4) is 5.75 Å². The first-order valence-electron chi connectivity index (χ1n) is 23.6. The van der Waals surface area contributed by atoms with Gasteiger partial charge in [0, 0.05) is 107 Å². The van der Waals surface area contributed by atoms with Crippen LogP contribution in [-0.4, -0.2) is 150 Å². The van der Waals surface area contributed by atoms with E-state index in [0.717, 1.165) is 106 Å². The molecule has 4 saturated heterocycles. The third-order valence-electron chi connectivity index (χ3n) is 14.2. The molecule has 7 heterocycles. The van der Waals surface area contributed by atoms with Crippen LogP contribution in [0.4, 0.5) is 34.5 Å². The number of nitrogens with zero attached hydrogens (tertiary/aromatic N) is 9. The number of anilines is 6. The maximum atomic E-state index is 13.5. The summed E-state index contributed by atoms with van der Waals surface area (Å²) >= 11 is 3.59. The molecule has 5 aliphatic heterocycles. The molecule has 69 heavy (non-hydrogen) atoms. The average Bonchev–Trinajstić information content (AvgIpc) is 3.90. The number of rotatable bonds is 12. The number of hydrogen-bond donors (Lipinski definition) is 3. The summed E-state index contributed by atoms with van der Waals surface area (Å²) in [4.78, 5) is 80.2. The number of halogens is 1. The number of benzene rings is 3. The van der Waals surface area contributed by atoms with Crippen LogP contribution in [0.2, 0.25) is 0 Å². The molecule has 2 atom stereocenters. The number of carbonyl (C=O) groups is 4. The Balaban J connectivity index is 0.712. The molecule has 0 bridgehead atoms. The molecule has 3 aromatic carbocycles. The predicted octanol–water partition coefficient (Wildman–Crippen LogP) is 5.75. The lowest BCUT2D eigenvalue weighted by molar-refractivity contribution is -0.136. The molecule has 20 heteroatoms. The van der Waals surface area contributed by atoms with Crippen molar-refractivity contribution >= 4 is 97.6 Å². The summed E-state index contributed by atoms with van der Waals surface area (Å²) in [6.07, 6.45) is 8.36. The quantitative estimate of drug-likeness (QED) is 0.101. The van der Waals surface area contributed by atoms with Crippen LogP contribution in [0.25, 0.3) is 11.0 Å². The molecule has 4 fully saturated rings. The second-order valence-electron chi connectivity index (χ2n) is 19.0. The second-order valence-corrected chi connectivity index (χ2v) is 23.1. The summed E-state index contributed by atoms with van der Waals surface area (Å²) in [5.74, 6) is 0.107. The van der Waals surface area contributed by atoms with Crippen LogP contribution in [0.3, 0.4) is 0 Å². The Labute approximate surface area is 409 Å². The lowest BCUT2D eigenvalue weighted by Gasteiger charge is -2.44. The number of hydrogen-bond acceptors (Lipinski definition) is 16. The van der Waals surface area contributed by atoms with Crippen molar-refractivity contribution in [3.05, 3.63) is 82.2 Å². The first-order chi connectivity index (χ1) is 33.2. The number of imide groups is 2. The highest BCUT2D eigenvalue weighted by Gasteiger charge is 2.45. The van der Waals surface area contributed by atoms with E-state index in [4.69, 9.17) is 9.72 Å². The van der Waals surface area contributed by atoms with Crippen molar-refractivity contribution in [3.63, 3.8) is 0 Å². The molecular weight excluding hydrogens is 963 g/mol. The van der Waals surface area contributed by atoms with E-state index in [1.165, 1.54) is 0 Å². The zero-order valence-corrected chi connectivity index (χ0v) is 41.7. The first-order valence-corrected chi connectivity index (χ1v) is 27.0. The first kappa shape index (κ1) is 46.7. The summed E-state index contributed by atoms with van der Waals surface area (Å²) in [6, 6.07) is 12.9. The van der Waals surface area contributed by atoms with Gasteiger partial charge in [-0.05, 0) is 110 Å². The number of amides is 4. The Kier molecular flexibility index (Phi) is 12.9. The van der Waals surface area contributed by atoms with E-state index in [2.05, 4.69) is 85.5 Å². The summed E-state index contributed by atoms with van der Waals surface area (Å²) in [6.45, 7) is 14.4. The fourth-order valence-electron chi connectivity index (χ4n) is 10.7. The largest absolute Gasteiger partial charge is 0.494 e. The minimum atomic E-state index is -2.78. The van der Waals surface area contributed by atoms with Crippen molar-refractivity contribution in [2.75, 3.05) is 99.8 Å². The number of aryl methyl sites for hydroxylation is 1. The lowest BCUT2D eigenvalue weighted by Crippen LogP contribution is -2.54. The van der Waals surface area contributed by atoms with Crippen molar-refractivity contribution in [1.29, 1.82) is 0 Å². The van der Waals surface area contributed by atoms with Crippen LogP contribution < -0.4 is 35.8 Å². The maximum absolute atomic E-state index is 13.5. The number of aromatic nitrogens is 4. The van der Waals surface area contributed by atoms with Gasteiger partial charge in [0.1, 0.15) is 30.3 Å².